The number of benzene rings is 2. The second-order valence-corrected chi connectivity index (χ2v) is 11.4. The van der Waals surface area contributed by atoms with Gasteiger partial charge in [0.1, 0.15) is 23.2 Å². The molecule has 5 heterocycles. The van der Waals surface area contributed by atoms with Crippen LogP contribution in [-0.2, 0) is 11.2 Å². The SMILES string of the molecule is O=C1CCc2c(ccc(-c3[nH]c(C4C5CC5c5nc(-c6cc(Cl)ccc6-n6cc(Cl)nn6)cc(=O)n54)nc3F)c2F)N1. The molecule has 3 aromatic heterocycles. The van der Waals surface area contributed by atoms with E-state index in [1.807, 2.05) is 0 Å². The number of nitrogens with zero attached hydrogens (tertiary/aromatic N) is 6. The molecule has 0 spiro atoms. The Balaban J connectivity index is 1.20. The predicted molar refractivity (Wildman–Crippen MR) is 149 cm³/mol. The fourth-order valence-corrected chi connectivity index (χ4v) is 6.45. The van der Waals surface area contributed by atoms with Crippen molar-refractivity contribution in [1.82, 2.24) is 34.5 Å². The lowest BCUT2D eigenvalue weighted by Crippen LogP contribution is -2.27. The summed E-state index contributed by atoms with van der Waals surface area (Å²) < 4.78 is 33.7. The van der Waals surface area contributed by atoms with Crippen molar-refractivity contribution in [3.63, 3.8) is 0 Å². The highest BCUT2D eigenvalue weighted by molar-refractivity contribution is 6.31. The Morgan fingerprint density at radius 2 is 1.86 bits per heavy atom. The minimum Gasteiger partial charge on any atom is -0.338 e. The molecule has 0 bridgehead atoms. The highest BCUT2D eigenvalue weighted by atomic mass is 35.5. The molecule has 14 heteroatoms. The number of anilines is 1. The van der Waals surface area contributed by atoms with Crippen LogP contribution in [-0.4, -0.2) is 40.4 Å². The first kappa shape index (κ1) is 25.3. The van der Waals surface area contributed by atoms with Crippen LogP contribution in [0.3, 0.4) is 0 Å². The van der Waals surface area contributed by atoms with Crippen molar-refractivity contribution in [2.75, 3.05) is 5.32 Å². The third kappa shape index (κ3) is 3.82. The fraction of sp³-hybridized carbons (Fsp3) is 0.214. The summed E-state index contributed by atoms with van der Waals surface area (Å²) in [6.45, 7) is 0. The zero-order valence-electron chi connectivity index (χ0n) is 21.4. The van der Waals surface area contributed by atoms with Gasteiger partial charge in [0.25, 0.3) is 5.56 Å². The van der Waals surface area contributed by atoms with Crippen LogP contribution in [0.4, 0.5) is 14.5 Å². The van der Waals surface area contributed by atoms with Crippen molar-refractivity contribution in [3.8, 4) is 28.2 Å². The maximum atomic E-state index is 15.5. The van der Waals surface area contributed by atoms with Gasteiger partial charge in [-0.05, 0) is 49.1 Å². The summed E-state index contributed by atoms with van der Waals surface area (Å²) in [5.74, 6) is -0.947. The minimum absolute atomic E-state index is 0.00855. The average molecular weight is 607 g/mol. The quantitative estimate of drug-likeness (QED) is 0.295. The van der Waals surface area contributed by atoms with Gasteiger partial charge in [-0.25, -0.2) is 19.0 Å². The molecule has 0 radical (unpaired) electrons. The summed E-state index contributed by atoms with van der Waals surface area (Å²) in [5, 5.41) is 11.1. The third-order valence-electron chi connectivity index (χ3n) is 8.13. The molecule has 0 saturated heterocycles. The average Bonchev–Trinajstić information content (AvgIpc) is 3.28. The molecule has 2 N–H and O–H groups in total. The second kappa shape index (κ2) is 9.04. The maximum absolute atomic E-state index is 15.5. The van der Waals surface area contributed by atoms with Gasteiger partial charge in [-0.15, -0.1) is 5.10 Å². The second-order valence-electron chi connectivity index (χ2n) is 10.6. The van der Waals surface area contributed by atoms with E-state index >= 15 is 8.78 Å². The fourth-order valence-electron chi connectivity index (χ4n) is 6.15. The number of hydrogen-bond acceptors (Lipinski definition) is 6. The Labute approximate surface area is 245 Å². The molecular weight excluding hydrogens is 589 g/mol. The standard InChI is InChI=1S/C28H18Cl2F2N8O2/c29-11-1-5-19(39-10-20(30)37-38-39)16(7-11)18-9-22(42)40-25(14-8-15(14)28(40)34-18)27-35-24(26(32)36-27)13-2-4-17-12(23(13)31)3-6-21(41)33-17/h1-2,4-5,7,9-10,14-15,25H,3,6,8H2,(H,33,41)(H,35,36). The molecule has 2 aliphatic heterocycles. The van der Waals surface area contributed by atoms with Gasteiger partial charge < -0.3 is 10.3 Å². The van der Waals surface area contributed by atoms with E-state index in [-0.39, 0.29) is 58.4 Å². The molecule has 3 aliphatic rings. The monoisotopic (exact) mass is 606 g/mol. The normalized spacial score (nSPS) is 20.2. The van der Waals surface area contributed by atoms with Crippen LogP contribution in [0.5, 0.6) is 0 Å². The molecule has 1 amide bonds. The van der Waals surface area contributed by atoms with E-state index in [0.717, 1.165) is 6.42 Å². The number of aromatic amines is 1. The highest BCUT2D eigenvalue weighted by Crippen LogP contribution is 2.60. The topological polar surface area (TPSA) is 123 Å². The van der Waals surface area contributed by atoms with Gasteiger partial charge in [0.2, 0.25) is 11.9 Å². The van der Waals surface area contributed by atoms with Gasteiger partial charge in [0, 0.05) is 45.8 Å². The molecule has 42 heavy (non-hydrogen) atoms. The van der Waals surface area contributed by atoms with Crippen LogP contribution < -0.4 is 10.9 Å². The molecule has 210 valence electrons. The first-order valence-electron chi connectivity index (χ1n) is 13.2. The van der Waals surface area contributed by atoms with Gasteiger partial charge >= 0.3 is 0 Å². The summed E-state index contributed by atoms with van der Waals surface area (Å²) in [7, 11) is 0. The van der Waals surface area contributed by atoms with Gasteiger partial charge in [0.05, 0.1) is 23.6 Å². The molecule has 2 aromatic carbocycles. The zero-order chi connectivity index (χ0) is 28.9. The molecule has 3 unspecified atom stereocenters. The van der Waals surface area contributed by atoms with Crippen molar-refractivity contribution < 1.29 is 13.6 Å². The van der Waals surface area contributed by atoms with E-state index in [0.29, 0.717) is 39.0 Å². The van der Waals surface area contributed by atoms with Crippen LogP contribution in [0.2, 0.25) is 10.2 Å². The molecule has 5 aromatic rings. The zero-order valence-corrected chi connectivity index (χ0v) is 22.9. The van der Waals surface area contributed by atoms with Gasteiger partial charge in [0.15, 0.2) is 5.15 Å². The van der Waals surface area contributed by atoms with E-state index in [9.17, 15) is 9.59 Å². The number of carbonyl (C=O) groups excluding carboxylic acids is 1. The minimum atomic E-state index is -0.873. The highest BCUT2D eigenvalue weighted by Gasteiger charge is 2.55. The number of H-pyrrole nitrogens is 1. The van der Waals surface area contributed by atoms with E-state index in [4.69, 9.17) is 28.2 Å². The van der Waals surface area contributed by atoms with Crippen molar-refractivity contribution in [3.05, 3.63) is 92.1 Å². The molecule has 3 atom stereocenters. The Kier molecular flexibility index (Phi) is 5.44. The van der Waals surface area contributed by atoms with Crippen molar-refractivity contribution in [2.45, 2.75) is 31.2 Å². The number of fused-ring (bicyclic) bond motifs is 4. The number of carbonyl (C=O) groups is 1. The van der Waals surface area contributed by atoms with Crippen molar-refractivity contribution in [1.29, 1.82) is 0 Å². The molecule has 8 rings (SSSR count). The van der Waals surface area contributed by atoms with E-state index in [2.05, 4.69) is 25.6 Å². The van der Waals surface area contributed by atoms with Gasteiger partial charge in [-0.3, -0.25) is 14.2 Å². The van der Waals surface area contributed by atoms with Crippen LogP contribution in [0.25, 0.3) is 28.2 Å². The summed E-state index contributed by atoms with van der Waals surface area (Å²) in [5.41, 5.74) is 1.80. The van der Waals surface area contributed by atoms with Crippen molar-refractivity contribution in [2.24, 2.45) is 5.92 Å². The molecule has 1 fully saturated rings. The Morgan fingerprint density at radius 1 is 1.00 bits per heavy atom. The lowest BCUT2D eigenvalue weighted by Gasteiger charge is -2.18. The van der Waals surface area contributed by atoms with Crippen LogP contribution in [0.1, 0.15) is 42.0 Å². The van der Waals surface area contributed by atoms with Crippen molar-refractivity contribution >= 4 is 34.8 Å². The number of amides is 1. The third-order valence-corrected chi connectivity index (χ3v) is 8.54. The van der Waals surface area contributed by atoms with Crippen LogP contribution >= 0.6 is 23.2 Å². The Morgan fingerprint density at radius 3 is 2.67 bits per heavy atom. The number of rotatable bonds is 4. The number of nitrogens with one attached hydrogen (secondary N) is 2. The molecule has 1 saturated carbocycles. The van der Waals surface area contributed by atoms with Crippen LogP contribution in [0, 0.1) is 17.7 Å². The summed E-state index contributed by atoms with van der Waals surface area (Å²) in [4.78, 5) is 37.2. The Hall–Kier alpha value is -4.42. The summed E-state index contributed by atoms with van der Waals surface area (Å²) >= 11 is 12.3. The number of halogens is 4. The first-order chi connectivity index (χ1) is 20.3. The lowest BCUT2D eigenvalue weighted by molar-refractivity contribution is -0.116. The molecular formula is C28H18Cl2F2N8O2. The summed E-state index contributed by atoms with van der Waals surface area (Å²) in [6.07, 6.45) is 2.64. The van der Waals surface area contributed by atoms with E-state index < -0.39 is 17.8 Å². The van der Waals surface area contributed by atoms with E-state index in [1.54, 1.807) is 24.3 Å². The summed E-state index contributed by atoms with van der Waals surface area (Å²) in [6, 6.07) is 8.89. The molecule has 10 nitrogen and oxygen atoms in total. The number of imidazole rings is 1. The number of aromatic nitrogens is 7. The first-order valence-corrected chi connectivity index (χ1v) is 13.9. The van der Waals surface area contributed by atoms with E-state index in [1.165, 1.54) is 27.6 Å². The van der Waals surface area contributed by atoms with Gasteiger partial charge in [-0.1, -0.05) is 28.4 Å². The number of hydrogen-bond donors (Lipinski definition) is 2. The van der Waals surface area contributed by atoms with Crippen LogP contribution in [0.15, 0.2) is 47.4 Å². The largest absolute Gasteiger partial charge is 0.338 e. The Bertz CT molecular complexity index is 2040. The lowest BCUT2D eigenvalue weighted by atomic mass is 9.98. The maximum Gasteiger partial charge on any atom is 0.254 e. The molecule has 1 aliphatic carbocycles. The van der Waals surface area contributed by atoms with Gasteiger partial charge in [-0.2, -0.15) is 4.39 Å². The smallest absolute Gasteiger partial charge is 0.254 e. The predicted octanol–water partition coefficient (Wildman–Crippen LogP) is 5.06.